The minimum absolute atomic E-state index is 0.261. The predicted molar refractivity (Wildman–Crippen MR) is 190 cm³/mol. The maximum atomic E-state index is 15.1. The van der Waals surface area contributed by atoms with E-state index < -0.39 is 20.8 Å². The summed E-state index contributed by atoms with van der Waals surface area (Å²) in [5.41, 5.74) is 6.69. The molecule has 2 unspecified atom stereocenters. The molecule has 0 bridgehead atoms. The molecular weight excluding hydrogens is 605 g/mol. The van der Waals surface area contributed by atoms with Crippen LogP contribution in [0.2, 0.25) is 6.55 Å². The quantitative estimate of drug-likeness (QED) is 0.172. The molecule has 1 saturated heterocycles. The number of fused-ring (bicyclic) bond motifs is 8. The molecule has 1 aliphatic carbocycles. The second-order valence-electron chi connectivity index (χ2n) is 13.7. The standard InChI is InChI=1S/C41H39F2NO2Si/c1-40(2)36-23-30(43)14-18-33(36)37-32-17-13-29(42)22-35(32)39-34(38(37)40)19-20-41(46-39,27-9-5-4-6-10-27)28-11-15-31(16-12-28)44-21-7-8-26(24-44)25-45-47-3/h4-6,9-20,22-23,26H,7-8,21,24-25,47H2,1-3H3. The van der Waals surface area contributed by atoms with Crippen molar-refractivity contribution in [3.8, 4) is 16.9 Å². The fraction of sp³-hybridized carbons (Fsp3) is 0.268. The van der Waals surface area contributed by atoms with Gasteiger partial charge in [0.25, 0.3) is 0 Å². The summed E-state index contributed by atoms with van der Waals surface area (Å²) >= 11 is 0. The third-order valence-corrected chi connectivity index (χ3v) is 11.1. The van der Waals surface area contributed by atoms with Crippen LogP contribution in [0.15, 0.2) is 97.1 Å². The average Bonchev–Trinajstić information content (AvgIpc) is 3.33. The lowest BCUT2D eigenvalue weighted by Gasteiger charge is -2.39. The molecule has 0 radical (unpaired) electrons. The molecule has 6 heteroatoms. The molecule has 0 N–H and O–H groups in total. The molecule has 0 amide bonds. The van der Waals surface area contributed by atoms with Gasteiger partial charge in [0, 0.05) is 52.9 Å². The Balaban J connectivity index is 1.28. The highest BCUT2D eigenvalue weighted by Gasteiger charge is 2.44. The monoisotopic (exact) mass is 643 g/mol. The Kier molecular flexibility index (Phi) is 7.34. The van der Waals surface area contributed by atoms with Crippen molar-refractivity contribution in [3.05, 3.63) is 137 Å². The summed E-state index contributed by atoms with van der Waals surface area (Å²) in [5, 5.41) is 1.62. The molecule has 0 saturated carbocycles. The first-order valence-corrected chi connectivity index (χ1v) is 18.8. The third kappa shape index (κ3) is 4.84. The van der Waals surface area contributed by atoms with Crippen LogP contribution in [-0.2, 0) is 15.4 Å². The van der Waals surface area contributed by atoms with E-state index in [1.807, 2.05) is 30.3 Å². The van der Waals surface area contributed by atoms with Gasteiger partial charge < -0.3 is 14.1 Å². The lowest BCUT2D eigenvalue weighted by atomic mass is 9.76. The summed E-state index contributed by atoms with van der Waals surface area (Å²) in [5.74, 6) is 0.627. The van der Waals surface area contributed by atoms with Crippen molar-refractivity contribution in [2.24, 2.45) is 5.92 Å². The van der Waals surface area contributed by atoms with Crippen molar-refractivity contribution in [3.63, 3.8) is 0 Å². The van der Waals surface area contributed by atoms with Gasteiger partial charge in [0.05, 0.1) is 0 Å². The van der Waals surface area contributed by atoms with E-state index in [0.29, 0.717) is 17.1 Å². The van der Waals surface area contributed by atoms with E-state index in [0.717, 1.165) is 64.0 Å². The molecule has 3 aliphatic rings. The van der Waals surface area contributed by atoms with Gasteiger partial charge in [-0.15, -0.1) is 0 Å². The number of benzene rings is 5. The molecule has 0 aromatic heterocycles. The first-order chi connectivity index (χ1) is 22.8. The Morgan fingerprint density at radius 3 is 2.43 bits per heavy atom. The molecule has 2 aliphatic heterocycles. The molecule has 2 atom stereocenters. The van der Waals surface area contributed by atoms with Crippen molar-refractivity contribution in [2.45, 2.75) is 44.3 Å². The third-order valence-electron chi connectivity index (χ3n) is 10.5. The molecule has 5 aromatic carbocycles. The van der Waals surface area contributed by atoms with Crippen molar-refractivity contribution in [2.75, 3.05) is 24.6 Å². The Hall–Kier alpha value is -4.26. The number of anilines is 1. The topological polar surface area (TPSA) is 21.7 Å². The van der Waals surface area contributed by atoms with E-state index in [-0.39, 0.29) is 11.6 Å². The van der Waals surface area contributed by atoms with E-state index in [1.165, 1.54) is 30.7 Å². The molecule has 238 valence electrons. The number of hydrogen-bond acceptors (Lipinski definition) is 3. The maximum Gasteiger partial charge on any atom is 0.178 e. The Morgan fingerprint density at radius 2 is 1.64 bits per heavy atom. The zero-order valence-corrected chi connectivity index (χ0v) is 28.6. The second-order valence-corrected chi connectivity index (χ2v) is 14.7. The minimum Gasteiger partial charge on any atom is -0.472 e. The smallest absolute Gasteiger partial charge is 0.178 e. The number of ether oxygens (including phenoxy) is 1. The molecule has 0 spiro atoms. The zero-order valence-electron chi connectivity index (χ0n) is 27.2. The minimum atomic E-state index is -0.938. The number of piperidine rings is 1. The van der Waals surface area contributed by atoms with E-state index >= 15 is 4.39 Å². The van der Waals surface area contributed by atoms with Gasteiger partial charge in [-0.1, -0.05) is 81.1 Å². The number of rotatable bonds is 6. The van der Waals surface area contributed by atoms with Crippen LogP contribution < -0.4 is 9.64 Å². The normalized spacial score (nSPS) is 21.1. The van der Waals surface area contributed by atoms with E-state index in [4.69, 9.17) is 9.16 Å². The van der Waals surface area contributed by atoms with Crippen LogP contribution in [0, 0.1) is 17.6 Å². The molecule has 1 fully saturated rings. The Bertz CT molecular complexity index is 2020. The van der Waals surface area contributed by atoms with Crippen LogP contribution in [0.3, 0.4) is 0 Å². The molecule has 2 heterocycles. The summed E-state index contributed by atoms with van der Waals surface area (Å²) in [4.78, 5) is 2.47. The summed E-state index contributed by atoms with van der Waals surface area (Å²) in [6.07, 6.45) is 6.68. The van der Waals surface area contributed by atoms with E-state index in [9.17, 15) is 4.39 Å². The average molecular weight is 644 g/mol. The van der Waals surface area contributed by atoms with Gasteiger partial charge in [-0.3, -0.25) is 0 Å². The van der Waals surface area contributed by atoms with Crippen LogP contribution in [0.25, 0.3) is 28.0 Å². The lowest BCUT2D eigenvalue weighted by Crippen LogP contribution is -2.37. The first-order valence-electron chi connectivity index (χ1n) is 16.8. The van der Waals surface area contributed by atoms with Gasteiger partial charge in [-0.05, 0) is 88.9 Å². The first kappa shape index (κ1) is 30.1. The van der Waals surface area contributed by atoms with Gasteiger partial charge in [0.1, 0.15) is 17.4 Å². The Morgan fingerprint density at radius 1 is 0.894 bits per heavy atom. The number of hydrogen-bond donors (Lipinski definition) is 0. The van der Waals surface area contributed by atoms with Crippen molar-refractivity contribution >= 4 is 32.3 Å². The van der Waals surface area contributed by atoms with Crippen molar-refractivity contribution in [1.82, 2.24) is 0 Å². The molecule has 3 nitrogen and oxygen atoms in total. The summed E-state index contributed by atoms with van der Waals surface area (Å²) in [6.45, 7) is 9.38. The fourth-order valence-corrected chi connectivity index (χ4v) is 8.80. The highest BCUT2D eigenvalue weighted by Crippen LogP contribution is 2.58. The SMILES string of the molecule is C[SiH2]OCC1CCCN(c2ccc(C3(c4ccccc4)C=Cc4c5c(c6ccc(F)cc6c4O3)-c3ccc(F)cc3C5(C)C)cc2)C1. The zero-order chi connectivity index (χ0) is 32.3. The summed E-state index contributed by atoms with van der Waals surface area (Å²) in [7, 11) is -0.396. The lowest BCUT2D eigenvalue weighted by molar-refractivity contribution is 0.163. The van der Waals surface area contributed by atoms with Crippen LogP contribution in [0.5, 0.6) is 5.75 Å². The van der Waals surface area contributed by atoms with Gasteiger partial charge in [0.15, 0.2) is 15.4 Å². The van der Waals surface area contributed by atoms with Crippen LogP contribution in [0.1, 0.15) is 54.5 Å². The largest absolute Gasteiger partial charge is 0.472 e. The molecule has 8 rings (SSSR count). The summed E-state index contributed by atoms with van der Waals surface area (Å²) in [6, 6.07) is 29.0. The number of halogens is 2. The van der Waals surface area contributed by atoms with E-state index in [2.05, 4.69) is 73.8 Å². The molecular formula is C41H39F2NO2Si. The van der Waals surface area contributed by atoms with Crippen LogP contribution in [0.4, 0.5) is 14.5 Å². The maximum absolute atomic E-state index is 15.1. The number of nitrogens with zero attached hydrogens (tertiary/aromatic N) is 1. The summed E-state index contributed by atoms with van der Waals surface area (Å²) < 4.78 is 42.9. The van der Waals surface area contributed by atoms with Crippen LogP contribution >= 0.6 is 0 Å². The highest BCUT2D eigenvalue weighted by atomic mass is 28.2. The molecule has 5 aromatic rings. The Labute approximate surface area is 277 Å². The second kappa shape index (κ2) is 11.5. The van der Waals surface area contributed by atoms with Gasteiger partial charge in [0.2, 0.25) is 0 Å². The van der Waals surface area contributed by atoms with E-state index in [1.54, 1.807) is 12.1 Å². The van der Waals surface area contributed by atoms with Crippen molar-refractivity contribution < 1.29 is 17.9 Å². The van der Waals surface area contributed by atoms with Gasteiger partial charge >= 0.3 is 0 Å². The fourth-order valence-electron chi connectivity index (χ4n) is 8.23. The highest BCUT2D eigenvalue weighted by molar-refractivity contribution is 6.24. The van der Waals surface area contributed by atoms with Crippen LogP contribution in [-0.4, -0.2) is 29.5 Å². The predicted octanol–water partition coefficient (Wildman–Crippen LogP) is 9.14. The van der Waals surface area contributed by atoms with Crippen molar-refractivity contribution in [1.29, 1.82) is 0 Å². The van der Waals surface area contributed by atoms with Gasteiger partial charge in [-0.2, -0.15) is 0 Å². The van der Waals surface area contributed by atoms with Gasteiger partial charge in [-0.25, -0.2) is 8.78 Å². The molecule has 47 heavy (non-hydrogen) atoms.